The molecule has 1 aromatic rings. The summed E-state index contributed by atoms with van der Waals surface area (Å²) in [5.74, 6) is 0.413. The fourth-order valence-corrected chi connectivity index (χ4v) is 7.04. The normalized spacial score (nSPS) is 34.8. The van der Waals surface area contributed by atoms with Gasteiger partial charge >= 0.3 is 0 Å². The maximum absolute atomic E-state index is 12.6. The Morgan fingerprint density at radius 3 is 2.83 bits per heavy atom. The van der Waals surface area contributed by atoms with Crippen LogP contribution < -0.4 is 10.6 Å². The Kier molecular flexibility index (Phi) is 5.95. The average molecular weight is 420 g/mol. The minimum absolute atomic E-state index is 0.0385. The molecule has 3 aliphatic rings. The second-order valence-corrected chi connectivity index (χ2v) is 11.1. The van der Waals surface area contributed by atoms with Gasteiger partial charge in [-0.25, -0.2) is 4.98 Å². The molecule has 6 atom stereocenters. The Labute approximate surface area is 179 Å². The molecule has 0 aliphatic heterocycles. The van der Waals surface area contributed by atoms with Crippen LogP contribution in [0.4, 0.5) is 5.13 Å². The first-order valence-electron chi connectivity index (χ1n) is 11.6. The molecule has 1 aromatic heterocycles. The number of aliphatic hydroxyl groups is 1. The summed E-state index contributed by atoms with van der Waals surface area (Å²) in [6, 6.07) is 0.376. The standard InChI is InChI=1S/C23H37N3O2S/c1-5-6-11-24-22-26-19-14(3)18-20(27)16(13(2)21(28)25-15-7-8-15)9-10-23(18,4)12-17(19)29-22/h13-16,18,20,27H,5-12H2,1-4H3,(H,24,26)(H,25,28)/t13-,14-,16+,18+,20-,23+/m0/s1. The van der Waals surface area contributed by atoms with Gasteiger partial charge < -0.3 is 15.7 Å². The quantitative estimate of drug-likeness (QED) is 0.575. The Hall–Kier alpha value is -1.14. The minimum Gasteiger partial charge on any atom is -0.392 e. The first-order valence-corrected chi connectivity index (χ1v) is 12.4. The van der Waals surface area contributed by atoms with Crippen LogP contribution in [0.1, 0.15) is 82.7 Å². The number of carbonyl (C=O) groups excluding carboxylic acids is 1. The van der Waals surface area contributed by atoms with E-state index in [-0.39, 0.29) is 35.0 Å². The van der Waals surface area contributed by atoms with Gasteiger partial charge in [0.2, 0.25) is 5.91 Å². The van der Waals surface area contributed by atoms with E-state index in [1.807, 2.05) is 6.92 Å². The van der Waals surface area contributed by atoms with Crippen LogP contribution in [-0.2, 0) is 11.2 Å². The second-order valence-electron chi connectivity index (χ2n) is 10.0. The third-order valence-corrected chi connectivity index (χ3v) is 8.74. The lowest BCUT2D eigenvalue weighted by molar-refractivity contribution is -0.134. The number of rotatable bonds is 7. The fraction of sp³-hybridized carbons (Fsp3) is 0.826. The van der Waals surface area contributed by atoms with Crippen LogP contribution in [0.3, 0.4) is 0 Å². The number of fused-ring (bicyclic) bond motifs is 2. The highest BCUT2D eigenvalue weighted by atomic mass is 32.1. The third-order valence-electron chi connectivity index (χ3n) is 7.71. The monoisotopic (exact) mass is 419 g/mol. The first-order chi connectivity index (χ1) is 13.8. The fourth-order valence-electron chi connectivity index (χ4n) is 5.75. The number of hydrogen-bond donors (Lipinski definition) is 3. The number of unbranched alkanes of at least 4 members (excludes halogenated alkanes) is 1. The summed E-state index contributed by atoms with van der Waals surface area (Å²) < 4.78 is 0. The lowest BCUT2D eigenvalue weighted by Gasteiger charge is -2.53. The van der Waals surface area contributed by atoms with E-state index in [1.165, 1.54) is 17.0 Å². The smallest absolute Gasteiger partial charge is 0.223 e. The van der Waals surface area contributed by atoms with E-state index in [0.29, 0.717) is 6.04 Å². The largest absolute Gasteiger partial charge is 0.392 e. The number of aromatic nitrogens is 1. The van der Waals surface area contributed by atoms with Crippen LogP contribution in [0.15, 0.2) is 0 Å². The van der Waals surface area contributed by atoms with Gasteiger partial charge in [0.1, 0.15) is 0 Å². The highest BCUT2D eigenvalue weighted by Gasteiger charge is 2.54. The van der Waals surface area contributed by atoms with Crippen molar-refractivity contribution in [3.63, 3.8) is 0 Å². The highest BCUT2D eigenvalue weighted by molar-refractivity contribution is 7.15. The van der Waals surface area contributed by atoms with E-state index in [1.54, 1.807) is 11.3 Å². The van der Waals surface area contributed by atoms with E-state index < -0.39 is 6.10 Å². The predicted octanol–water partition coefficient (Wildman–Crippen LogP) is 4.32. The van der Waals surface area contributed by atoms with Crippen LogP contribution >= 0.6 is 11.3 Å². The molecule has 0 unspecified atom stereocenters. The van der Waals surface area contributed by atoms with Crippen molar-refractivity contribution in [2.75, 3.05) is 11.9 Å². The van der Waals surface area contributed by atoms with Crippen molar-refractivity contribution in [3.8, 4) is 0 Å². The van der Waals surface area contributed by atoms with E-state index in [9.17, 15) is 9.90 Å². The molecular formula is C23H37N3O2S. The van der Waals surface area contributed by atoms with Gasteiger partial charge in [-0.05, 0) is 55.8 Å². The number of nitrogens with zero attached hydrogens (tertiary/aromatic N) is 1. The molecule has 0 radical (unpaired) electrons. The summed E-state index contributed by atoms with van der Waals surface area (Å²) >= 11 is 1.80. The van der Waals surface area contributed by atoms with E-state index in [0.717, 1.165) is 50.2 Å². The molecule has 2 saturated carbocycles. The molecule has 3 aliphatic carbocycles. The van der Waals surface area contributed by atoms with Crippen LogP contribution in [0.2, 0.25) is 0 Å². The van der Waals surface area contributed by atoms with Crippen LogP contribution in [-0.4, -0.2) is 34.7 Å². The van der Waals surface area contributed by atoms with Crippen LogP contribution in [0.25, 0.3) is 0 Å². The van der Waals surface area contributed by atoms with Gasteiger partial charge in [0, 0.05) is 29.3 Å². The first kappa shape index (κ1) is 21.1. The van der Waals surface area contributed by atoms with Gasteiger partial charge in [-0.2, -0.15) is 0 Å². The van der Waals surface area contributed by atoms with Gasteiger partial charge in [0.25, 0.3) is 0 Å². The lowest BCUT2D eigenvalue weighted by atomic mass is 9.53. The molecule has 0 spiro atoms. The number of carbonyl (C=O) groups is 1. The van der Waals surface area contributed by atoms with Crippen molar-refractivity contribution >= 4 is 22.4 Å². The summed E-state index contributed by atoms with van der Waals surface area (Å²) in [4.78, 5) is 19.0. The van der Waals surface area contributed by atoms with Crippen LogP contribution in [0.5, 0.6) is 0 Å². The van der Waals surface area contributed by atoms with Crippen molar-refractivity contribution in [2.45, 2.75) is 90.7 Å². The Morgan fingerprint density at radius 1 is 1.38 bits per heavy atom. The number of amides is 1. The Bertz CT molecular complexity index is 746. The molecule has 0 saturated heterocycles. The van der Waals surface area contributed by atoms with E-state index in [4.69, 9.17) is 4.98 Å². The van der Waals surface area contributed by atoms with Gasteiger partial charge in [-0.3, -0.25) is 4.79 Å². The second kappa shape index (κ2) is 8.18. The molecule has 3 N–H and O–H groups in total. The maximum Gasteiger partial charge on any atom is 0.223 e. The zero-order chi connectivity index (χ0) is 20.8. The topological polar surface area (TPSA) is 74.2 Å². The summed E-state index contributed by atoms with van der Waals surface area (Å²) in [6.45, 7) is 9.75. The molecule has 5 nitrogen and oxygen atoms in total. The van der Waals surface area contributed by atoms with Gasteiger partial charge in [-0.15, -0.1) is 11.3 Å². The number of thiazole rings is 1. The number of aliphatic hydroxyl groups excluding tert-OH is 1. The van der Waals surface area contributed by atoms with Crippen molar-refractivity contribution in [1.82, 2.24) is 10.3 Å². The molecule has 1 heterocycles. The Morgan fingerprint density at radius 2 is 2.14 bits per heavy atom. The van der Waals surface area contributed by atoms with Gasteiger partial charge in [0.15, 0.2) is 5.13 Å². The summed E-state index contributed by atoms with van der Waals surface area (Å²) in [6.07, 6.45) is 7.08. The molecule has 162 valence electrons. The molecule has 0 bridgehead atoms. The predicted molar refractivity (Wildman–Crippen MR) is 118 cm³/mol. The van der Waals surface area contributed by atoms with Crippen molar-refractivity contribution in [3.05, 3.63) is 10.6 Å². The molecule has 4 rings (SSSR count). The van der Waals surface area contributed by atoms with E-state index >= 15 is 0 Å². The minimum atomic E-state index is -0.449. The van der Waals surface area contributed by atoms with Crippen molar-refractivity contribution in [1.29, 1.82) is 0 Å². The summed E-state index contributed by atoms with van der Waals surface area (Å²) in [5.41, 5.74) is 1.26. The highest BCUT2D eigenvalue weighted by Crippen LogP contribution is 2.57. The number of hydrogen-bond acceptors (Lipinski definition) is 5. The maximum atomic E-state index is 12.6. The number of anilines is 1. The average Bonchev–Trinajstić information content (AvgIpc) is 3.39. The zero-order valence-electron chi connectivity index (χ0n) is 18.3. The van der Waals surface area contributed by atoms with Crippen molar-refractivity contribution < 1.29 is 9.90 Å². The molecule has 2 fully saturated rings. The van der Waals surface area contributed by atoms with Gasteiger partial charge in [0.05, 0.1) is 11.8 Å². The third kappa shape index (κ3) is 4.07. The Balaban J connectivity index is 1.51. The molecule has 6 heteroatoms. The van der Waals surface area contributed by atoms with Crippen LogP contribution in [0, 0.1) is 23.2 Å². The molecule has 29 heavy (non-hydrogen) atoms. The molecule has 1 amide bonds. The molecular weight excluding hydrogens is 382 g/mol. The summed E-state index contributed by atoms with van der Waals surface area (Å²) in [7, 11) is 0. The lowest BCUT2D eigenvalue weighted by Crippen LogP contribution is -2.53. The molecule has 0 aromatic carbocycles. The zero-order valence-corrected chi connectivity index (χ0v) is 19.1. The number of nitrogens with one attached hydrogen (secondary N) is 2. The summed E-state index contributed by atoms with van der Waals surface area (Å²) in [5, 5.41) is 19.1. The van der Waals surface area contributed by atoms with Gasteiger partial charge in [-0.1, -0.05) is 34.1 Å². The SMILES string of the molecule is CCCCNc1nc2c(s1)C[C@@]1(C)CC[C@H]([C@H](C)C(=O)NC3CC3)[C@H](O)[C@H]1[C@@H]2C. The van der Waals surface area contributed by atoms with Crippen molar-refractivity contribution in [2.24, 2.45) is 23.2 Å². The van der Waals surface area contributed by atoms with E-state index in [2.05, 4.69) is 31.4 Å².